The zero-order valence-corrected chi connectivity index (χ0v) is 11.5. The summed E-state index contributed by atoms with van der Waals surface area (Å²) in [5.74, 6) is -0.662. The molecule has 1 aliphatic carbocycles. The van der Waals surface area contributed by atoms with Crippen molar-refractivity contribution in [1.29, 1.82) is 0 Å². The lowest BCUT2D eigenvalue weighted by Crippen LogP contribution is -2.37. The SMILES string of the molecule is O=C(O)C1CCCCC1Nc1nnnn1-c1ccccc1. The Bertz CT molecular complexity index is 613. The van der Waals surface area contributed by atoms with Gasteiger partial charge in [0, 0.05) is 6.04 Å². The van der Waals surface area contributed by atoms with E-state index in [1.54, 1.807) is 4.68 Å². The van der Waals surface area contributed by atoms with Gasteiger partial charge in [-0.25, -0.2) is 0 Å². The number of carboxylic acid groups (broad SMARTS) is 1. The van der Waals surface area contributed by atoms with Gasteiger partial charge in [-0.3, -0.25) is 4.79 Å². The van der Waals surface area contributed by atoms with Crippen molar-refractivity contribution in [3.8, 4) is 5.69 Å². The van der Waals surface area contributed by atoms with Gasteiger partial charge < -0.3 is 10.4 Å². The van der Waals surface area contributed by atoms with E-state index >= 15 is 0 Å². The molecule has 0 saturated heterocycles. The molecule has 7 nitrogen and oxygen atoms in total. The molecule has 1 saturated carbocycles. The molecule has 3 rings (SSSR count). The number of carbonyl (C=O) groups is 1. The molecule has 1 heterocycles. The van der Waals surface area contributed by atoms with Crippen molar-refractivity contribution in [3.05, 3.63) is 30.3 Å². The first-order chi connectivity index (χ1) is 10.3. The summed E-state index contributed by atoms with van der Waals surface area (Å²) in [5.41, 5.74) is 0.840. The molecule has 1 aromatic carbocycles. The average Bonchev–Trinajstić information content (AvgIpc) is 2.96. The highest BCUT2D eigenvalue weighted by Crippen LogP contribution is 2.27. The Morgan fingerprint density at radius 1 is 1.24 bits per heavy atom. The smallest absolute Gasteiger partial charge is 0.308 e. The number of hydrogen-bond acceptors (Lipinski definition) is 5. The monoisotopic (exact) mass is 287 g/mol. The van der Waals surface area contributed by atoms with Crippen LogP contribution in [0.5, 0.6) is 0 Å². The number of nitrogens with one attached hydrogen (secondary N) is 1. The number of nitrogens with zero attached hydrogens (tertiary/aromatic N) is 4. The van der Waals surface area contributed by atoms with E-state index in [0.717, 1.165) is 24.9 Å². The van der Waals surface area contributed by atoms with Crippen molar-refractivity contribution in [1.82, 2.24) is 20.2 Å². The number of aromatic nitrogens is 4. The maximum atomic E-state index is 11.3. The minimum atomic E-state index is -0.758. The predicted molar refractivity (Wildman–Crippen MR) is 76.2 cm³/mol. The molecule has 2 atom stereocenters. The number of aliphatic carboxylic acids is 1. The van der Waals surface area contributed by atoms with E-state index in [-0.39, 0.29) is 12.0 Å². The number of benzene rings is 1. The molecule has 1 fully saturated rings. The number of hydrogen-bond donors (Lipinski definition) is 2. The highest BCUT2D eigenvalue weighted by molar-refractivity contribution is 5.71. The minimum absolute atomic E-state index is 0.135. The molecule has 0 aliphatic heterocycles. The summed E-state index contributed by atoms with van der Waals surface area (Å²) in [6, 6.07) is 9.39. The first-order valence-corrected chi connectivity index (χ1v) is 7.09. The van der Waals surface area contributed by atoms with E-state index in [2.05, 4.69) is 20.8 Å². The molecule has 2 aromatic rings. The Hall–Kier alpha value is -2.44. The third-order valence-corrected chi connectivity index (χ3v) is 3.87. The highest BCUT2D eigenvalue weighted by Gasteiger charge is 2.31. The molecule has 2 unspecified atom stereocenters. The van der Waals surface area contributed by atoms with E-state index in [1.807, 2.05) is 30.3 Å². The molecule has 7 heteroatoms. The largest absolute Gasteiger partial charge is 0.481 e. The lowest BCUT2D eigenvalue weighted by molar-refractivity contribution is -0.143. The summed E-state index contributed by atoms with van der Waals surface area (Å²) in [6.45, 7) is 0. The summed E-state index contributed by atoms with van der Waals surface area (Å²) >= 11 is 0. The molecule has 1 aromatic heterocycles. The zero-order valence-electron chi connectivity index (χ0n) is 11.5. The van der Waals surface area contributed by atoms with E-state index in [9.17, 15) is 9.90 Å². The van der Waals surface area contributed by atoms with Crippen LogP contribution in [0.3, 0.4) is 0 Å². The van der Waals surface area contributed by atoms with Crippen molar-refractivity contribution in [2.24, 2.45) is 5.92 Å². The molecular weight excluding hydrogens is 270 g/mol. The second-order valence-corrected chi connectivity index (χ2v) is 5.23. The van der Waals surface area contributed by atoms with Crippen molar-refractivity contribution < 1.29 is 9.90 Å². The van der Waals surface area contributed by atoms with Gasteiger partial charge in [-0.1, -0.05) is 36.1 Å². The molecule has 21 heavy (non-hydrogen) atoms. The van der Waals surface area contributed by atoms with Gasteiger partial charge in [0.2, 0.25) is 5.95 Å². The fourth-order valence-electron chi connectivity index (χ4n) is 2.79. The van der Waals surface area contributed by atoms with Crippen molar-refractivity contribution >= 4 is 11.9 Å². The Morgan fingerprint density at radius 3 is 2.76 bits per heavy atom. The molecule has 0 bridgehead atoms. The van der Waals surface area contributed by atoms with Gasteiger partial charge in [-0.05, 0) is 35.4 Å². The molecule has 0 amide bonds. The number of rotatable bonds is 4. The summed E-state index contributed by atoms with van der Waals surface area (Å²) in [5, 5.41) is 24.2. The Labute approximate surface area is 122 Å². The predicted octanol–water partition coefficient (Wildman–Crippen LogP) is 1.72. The van der Waals surface area contributed by atoms with Gasteiger partial charge in [-0.2, -0.15) is 4.68 Å². The van der Waals surface area contributed by atoms with E-state index < -0.39 is 5.97 Å². The van der Waals surface area contributed by atoms with Gasteiger partial charge in [0.15, 0.2) is 0 Å². The van der Waals surface area contributed by atoms with Crippen LogP contribution in [0.4, 0.5) is 5.95 Å². The minimum Gasteiger partial charge on any atom is -0.481 e. The van der Waals surface area contributed by atoms with Gasteiger partial charge in [0.1, 0.15) is 0 Å². The number of carboxylic acids is 1. The zero-order chi connectivity index (χ0) is 14.7. The van der Waals surface area contributed by atoms with E-state index in [4.69, 9.17) is 0 Å². The van der Waals surface area contributed by atoms with Crippen LogP contribution in [0.15, 0.2) is 30.3 Å². The molecule has 2 N–H and O–H groups in total. The van der Waals surface area contributed by atoms with Crippen molar-refractivity contribution in [3.63, 3.8) is 0 Å². The maximum Gasteiger partial charge on any atom is 0.308 e. The lowest BCUT2D eigenvalue weighted by Gasteiger charge is -2.29. The van der Waals surface area contributed by atoms with Crippen LogP contribution in [0.25, 0.3) is 5.69 Å². The molecule has 0 spiro atoms. The molecule has 110 valence electrons. The average molecular weight is 287 g/mol. The van der Waals surface area contributed by atoms with Crippen LogP contribution in [-0.4, -0.2) is 37.3 Å². The van der Waals surface area contributed by atoms with Crippen LogP contribution in [0.2, 0.25) is 0 Å². The quantitative estimate of drug-likeness (QED) is 0.889. The standard InChI is InChI=1S/C14H17N5O2/c20-13(21)11-8-4-5-9-12(11)15-14-16-17-18-19(14)10-6-2-1-3-7-10/h1-3,6-7,11-12H,4-5,8-9H2,(H,20,21)(H,15,16,18). The fraction of sp³-hybridized carbons (Fsp3) is 0.429. The highest BCUT2D eigenvalue weighted by atomic mass is 16.4. The second kappa shape index (κ2) is 5.90. The first kappa shape index (κ1) is 13.5. The topological polar surface area (TPSA) is 92.9 Å². The summed E-state index contributed by atoms with van der Waals surface area (Å²) in [4.78, 5) is 11.3. The van der Waals surface area contributed by atoms with Crippen LogP contribution >= 0.6 is 0 Å². The first-order valence-electron chi connectivity index (χ1n) is 7.09. The number of para-hydroxylation sites is 1. The third kappa shape index (κ3) is 2.86. The van der Waals surface area contributed by atoms with Crippen LogP contribution in [0.1, 0.15) is 25.7 Å². The maximum absolute atomic E-state index is 11.3. The second-order valence-electron chi connectivity index (χ2n) is 5.23. The number of anilines is 1. The normalized spacial score (nSPS) is 21.9. The molecular formula is C14H17N5O2. The lowest BCUT2D eigenvalue weighted by atomic mass is 9.84. The van der Waals surface area contributed by atoms with E-state index in [1.165, 1.54) is 0 Å². The van der Waals surface area contributed by atoms with Gasteiger partial charge in [0.25, 0.3) is 0 Å². The van der Waals surface area contributed by atoms with Crippen molar-refractivity contribution in [2.75, 3.05) is 5.32 Å². The molecule has 0 radical (unpaired) electrons. The van der Waals surface area contributed by atoms with E-state index in [0.29, 0.717) is 12.4 Å². The fourth-order valence-corrected chi connectivity index (χ4v) is 2.79. The summed E-state index contributed by atoms with van der Waals surface area (Å²) in [7, 11) is 0. The van der Waals surface area contributed by atoms with Crippen LogP contribution < -0.4 is 5.32 Å². The summed E-state index contributed by atoms with van der Waals surface area (Å²) < 4.78 is 1.59. The van der Waals surface area contributed by atoms with Crippen molar-refractivity contribution in [2.45, 2.75) is 31.7 Å². The Balaban J connectivity index is 1.82. The van der Waals surface area contributed by atoms with Gasteiger partial charge >= 0.3 is 5.97 Å². The third-order valence-electron chi connectivity index (χ3n) is 3.87. The molecule has 1 aliphatic rings. The van der Waals surface area contributed by atoms with Crippen LogP contribution in [-0.2, 0) is 4.79 Å². The Morgan fingerprint density at radius 2 is 2.00 bits per heavy atom. The van der Waals surface area contributed by atoms with Gasteiger partial charge in [-0.15, -0.1) is 0 Å². The van der Waals surface area contributed by atoms with Gasteiger partial charge in [0.05, 0.1) is 11.6 Å². The van der Waals surface area contributed by atoms with Crippen LogP contribution in [0, 0.1) is 5.92 Å². The summed E-state index contributed by atoms with van der Waals surface area (Å²) in [6.07, 6.45) is 3.49. The Kier molecular flexibility index (Phi) is 3.81. The number of tetrazole rings is 1.